The van der Waals surface area contributed by atoms with Crippen LogP contribution in [0.3, 0.4) is 0 Å². The fourth-order valence-electron chi connectivity index (χ4n) is 4.49. The van der Waals surface area contributed by atoms with Crippen LogP contribution < -0.4 is 5.32 Å². The van der Waals surface area contributed by atoms with Crippen molar-refractivity contribution in [3.8, 4) is 0 Å². The second-order valence-corrected chi connectivity index (χ2v) is 6.65. The van der Waals surface area contributed by atoms with E-state index in [1.807, 2.05) is 0 Å². The van der Waals surface area contributed by atoms with Gasteiger partial charge in [-0.1, -0.05) is 32.1 Å². The first-order chi connectivity index (χ1) is 8.95. The zero-order valence-electron chi connectivity index (χ0n) is 11.9. The molecule has 0 bridgehead atoms. The molecule has 3 aliphatic rings. The molecule has 0 radical (unpaired) electrons. The van der Waals surface area contributed by atoms with Crippen molar-refractivity contribution in [3.63, 3.8) is 0 Å². The average Bonchev–Trinajstić information content (AvgIpc) is 2.81. The molecule has 18 heavy (non-hydrogen) atoms. The number of hydrogen-bond donors (Lipinski definition) is 1. The standard InChI is InChI=1S/C16H30N2/c1-2-4-9-14(8-3-1)18-13-6-5-11-16(18)15-10-7-12-17-15/h14-17H,1-13H2. The Bertz CT molecular complexity index is 239. The summed E-state index contributed by atoms with van der Waals surface area (Å²) in [5, 5.41) is 3.77. The van der Waals surface area contributed by atoms with E-state index in [0.717, 1.165) is 18.1 Å². The van der Waals surface area contributed by atoms with Gasteiger partial charge in [0.05, 0.1) is 0 Å². The van der Waals surface area contributed by atoms with E-state index in [9.17, 15) is 0 Å². The Balaban J connectivity index is 1.65. The van der Waals surface area contributed by atoms with Crippen LogP contribution in [0.2, 0.25) is 0 Å². The molecule has 2 heteroatoms. The Morgan fingerprint density at radius 1 is 0.722 bits per heavy atom. The summed E-state index contributed by atoms with van der Waals surface area (Å²) in [4.78, 5) is 2.93. The maximum Gasteiger partial charge on any atom is 0.0252 e. The number of likely N-dealkylation sites (tertiary alicyclic amines) is 1. The van der Waals surface area contributed by atoms with Gasteiger partial charge in [-0.05, 0) is 51.6 Å². The molecule has 2 nitrogen and oxygen atoms in total. The molecule has 3 rings (SSSR count). The van der Waals surface area contributed by atoms with Crippen molar-refractivity contribution in [2.24, 2.45) is 0 Å². The van der Waals surface area contributed by atoms with Crippen LogP contribution in [0.1, 0.15) is 70.6 Å². The molecule has 0 spiro atoms. The van der Waals surface area contributed by atoms with Crippen molar-refractivity contribution in [1.82, 2.24) is 10.2 Å². The molecule has 0 aromatic carbocycles. The SMILES string of the molecule is C1CCCC(N2CCCCC2C2CCCN2)CC1. The van der Waals surface area contributed by atoms with E-state index in [0.29, 0.717) is 0 Å². The Kier molecular flexibility index (Phi) is 4.58. The summed E-state index contributed by atoms with van der Waals surface area (Å²) >= 11 is 0. The second kappa shape index (κ2) is 6.38. The highest BCUT2D eigenvalue weighted by Crippen LogP contribution is 2.31. The van der Waals surface area contributed by atoms with Crippen LogP contribution in [0.5, 0.6) is 0 Å². The van der Waals surface area contributed by atoms with Gasteiger partial charge in [0.25, 0.3) is 0 Å². The van der Waals surface area contributed by atoms with Crippen LogP contribution in [-0.2, 0) is 0 Å². The summed E-state index contributed by atoms with van der Waals surface area (Å²) in [6, 6.07) is 2.60. The van der Waals surface area contributed by atoms with E-state index in [-0.39, 0.29) is 0 Å². The van der Waals surface area contributed by atoms with Crippen LogP contribution >= 0.6 is 0 Å². The van der Waals surface area contributed by atoms with Gasteiger partial charge in [-0.25, -0.2) is 0 Å². The van der Waals surface area contributed by atoms with Crippen molar-refractivity contribution >= 4 is 0 Å². The summed E-state index contributed by atoms with van der Waals surface area (Å²) in [6.45, 7) is 2.65. The first kappa shape index (κ1) is 12.9. The summed E-state index contributed by atoms with van der Waals surface area (Å²) in [7, 11) is 0. The molecule has 104 valence electrons. The Hall–Kier alpha value is -0.0800. The quantitative estimate of drug-likeness (QED) is 0.756. The minimum absolute atomic E-state index is 0.813. The van der Waals surface area contributed by atoms with Crippen molar-refractivity contribution in [2.45, 2.75) is 88.8 Å². The molecule has 0 aromatic heterocycles. The topological polar surface area (TPSA) is 15.3 Å². The van der Waals surface area contributed by atoms with Gasteiger partial charge in [-0.2, -0.15) is 0 Å². The third kappa shape index (κ3) is 2.91. The predicted octanol–water partition coefficient (Wildman–Crippen LogP) is 3.32. The van der Waals surface area contributed by atoms with Gasteiger partial charge in [-0.15, -0.1) is 0 Å². The van der Waals surface area contributed by atoms with Gasteiger partial charge in [0.1, 0.15) is 0 Å². The Labute approximate surface area is 113 Å². The average molecular weight is 250 g/mol. The highest BCUT2D eigenvalue weighted by molar-refractivity contribution is 4.93. The largest absolute Gasteiger partial charge is 0.312 e. The molecule has 2 aliphatic heterocycles. The molecule has 0 amide bonds. The van der Waals surface area contributed by atoms with E-state index in [1.165, 1.54) is 83.7 Å². The highest BCUT2D eigenvalue weighted by atomic mass is 15.2. The van der Waals surface area contributed by atoms with Crippen LogP contribution in [-0.4, -0.2) is 36.1 Å². The lowest BCUT2D eigenvalue weighted by molar-refractivity contribution is 0.0653. The first-order valence-electron chi connectivity index (χ1n) is 8.44. The van der Waals surface area contributed by atoms with Crippen LogP contribution in [0.25, 0.3) is 0 Å². The van der Waals surface area contributed by atoms with Crippen molar-refractivity contribution in [3.05, 3.63) is 0 Å². The molecular formula is C16H30N2. The zero-order valence-corrected chi connectivity index (χ0v) is 11.9. The molecular weight excluding hydrogens is 220 g/mol. The van der Waals surface area contributed by atoms with Gasteiger partial charge in [0, 0.05) is 18.1 Å². The molecule has 0 aromatic rings. The number of nitrogens with one attached hydrogen (secondary N) is 1. The zero-order chi connectivity index (χ0) is 12.2. The Morgan fingerprint density at radius 3 is 2.22 bits per heavy atom. The third-order valence-electron chi connectivity index (χ3n) is 5.45. The fourth-order valence-corrected chi connectivity index (χ4v) is 4.49. The molecule has 2 heterocycles. The van der Waals surface area contributed by atoms with Gasteiger partial charge in [0.2, 0.25) is 0 Å². The molecule has 1 saturated carbocycles. The number of piperidine rings is 1. The first-order valence-corrected chi connectivity index (χ1v) is 8.44. The minimum atomic E-state index is 0.813. The fraction of sp³-hybridized carbons (Fsp3) is 1.00. The summed E-state index contributed by atoms with van der Waals surface area (Å²) in [6.07, 6.45) is 16.1. The van der Waals surface area contributed by atoms with E-state index in [2.05, 4.69) is 10.2 Å². The minimum Gasteiger partial charge on any atom is -0.312 e. The monoisotopic (exact) mass is 250 g/mol. The van der Waals surface area contributed by atoms with E-state index in [1.54, 1.807) is 0 Å². The Morgan fingerprint density at radius 2 is 1.50 bits per heavy atom. The normalized spacial score (nSPS) is 36.7. The number of nitrogens with zero attached hydrogens (tertiary/aromatic N) is 1. The lowest BCUT2D eigenvalue weighted by atomic mass is 9.91. The second-order valence-electron chi connectivity index (χ2n) is 6.65. The summed E-state index contributed by atoms with van der Waals surface area (Å²) in [5.41, 5.74) is 0. The van der Waals surface area contributed by atoms with Gasteiger partial charge >= 0.3 is 0 Å². The summed E-state index contributed by atoms with van der Waals surface area (Å²) in [5.74, 6) is 0. The lowest BCUT2D eigenvalue weighted by Crippen LogP contribution is -2.54. The van der Waals surface area contributed by atoms with E-state index in [4.69, 9.17) is 0 Å². The smallest absolute Gasteiger partial charge is 0.0252 e. The van der Waals surface area contributed by atoms with Crippen LogP contribution in [0.15, 0.2) is 0 Å². The number of hydrogen-bond acceptors (Lipinski definition) is 2. The van der Waals surface area contributed by atoms with Crippen molar-refractivity contribution < 1.29 is 0 Å². The van der Waals surface area contributed by atoms with Crippen molar-refractivity contribution in [2.75, 3.05) is 13.1 Å². The predicted molar refractivity (Wildman–Crippen MR) is 76.9 cm³/mol. The van der Waals surface area contributed by atoms with E-state index < -0.39 is 0 Å². The highest BCUT2D eigenvalue weighted by Gasteiger charge is 2.35. The van der Waals surface area contributed by atoms with Crippen LogP contribution in [0, 0.1) is 0 Å². The van der Waals surface area contributed by atoms with Gasteiger partial charge in [-0.3, -0.25) is 4.90 Å². The molecule has 1 N–H and O–H groups in total. The molecule has 2 unspecified atom stereocenters. The third-order valence-corrected chi connectivity index (χ3v) is 5.45. The molecule has 1 aliphatic carbocycles. The van der Waals surface area contributed by atoms with Crippen molar-refractivity contribution in [1.29, 1.82) is 0 Å². The maximum absolute atomic E-state index is 3.77. The summed E-state index contributed by atoms with van der Waals surface area (Å²) < 4.78 is 0. The maximum atomic E-state index is 3.77. The van der Waals surface area contributed by atoms with E-state index >= 15 is 0 Å². The molecule has 2 saturated heterocycles. The molecule has 2 atom stereocenters. The number of rotatable bonds is 2. The van der Waals surface area contributed by atoms with Gasteiger partial charge in [0.15, 0.2) is 0 Å². The van der Waals surface area contributed by atoms with Gasteiger partial charge < -0.3 is 5.32 Å². The lowest BCUT2D eigenvalue weighted by Gasteiger charge is -2.44. The van der Waals surface area contributed by atoms with Crippen LogP contribution in [0.4, 0.5) is 0 Å². The molecule has 3 fully saturated rings.